The summed E-state index contributed by atoms with van der Waals surface area (Å²) in [5.74, 6) is 1.16. The van der Waals surface area contributed by atoms with Gasteiger partial charge in [-0.2, -0.15) is 0 Å². The molecule has 1 aromatic heterocycles. The van der Waals surface area contributed by atoms with Gasteiger partial charge in [0, 0.05) is 42.7 Å². The first-order valence-electron chi connectivity index (χ1n) is 8.97. The predicted molar refractivity (Wildman–Crippen MR) is 96.5 cm³/mol. The number of likely N-dealkylation sites (tertiary alicyclic amines) is 1. The second-order valence-electron chi connectivity index (χ2n) is 7.76. The van der Waals surface area contributed by atoms with Gasteiger partial charge < -0.3 is 9.42 Å². The molecule has 0 saturated carbocycles. The molecule has 0 N–H and O–H groups in total. The Kier molecular flexibility index (Phi) is 3.91. The molecule has 4 rings (SSSR count). The van der Waals surface area contributed by atoms with E-state index in [0.717, 1.165) is 49.7 Å². The maximum atomic E-state index is 12.6. The highest BCUT2D eigenvalue weighted by atomic mass is 16.5. The first-order valence-corrected chi connectivity index (χ1v) is 8.97. The third-order valence-corrected chi connectivity index (χ3v) is 5.75. The fourth-order valence-electron chi connectivity index (χ4n) is 4.24. The van der Waals surface area contributed by atoms with Crippen LogP contribution in [-0.2, 0) is 11.3 Å². The Balaban J connectivity index is 1.47. The van der Waals surface area contributed by atoms with Crippen LogP contribution in [0.15, 0.2) is 28.8 Å². The molecule has 0 radical (unpaired) electrons. The summed E-state index contributed by atoms with van der Waals surface area (Å²) >= 11 is 0. The van der Waals surface area contributed by atoms with Gasteiger partial charge in [-0.25, -0.2) is 0 Å². The molecule has 0 unspecified atom stereocenters. The number of benzene rings is 1. The molecule has 1 spiro atoms. The van der Waals surface area contributed by atoms with Gasteiger partial charge >= 0.3 is 0 Å². The number of carbonyl (C=O) groups excluding carboxylic acids is 1. The number of aryl methyl sites for hydroxylation is 3. The van der Waals surface area contributed by atoms with Crippen LogP contribution in [0.3, 0.4) is 0 Å². The zero-order valence-corrected chi connectivity index (χ0v) is 15.2. The Labute approximate surface area is 148 Å². The number of nitrogens with zero attached hydrogens (tertiary/aromatic N) is 3. The minimum atomic E-state index is 0.0843. The highest BCUT2D eigenvalue weighted by Gasteiger charge is 2.47. The van der Waals surface area contributed by atoms with E-state index in [-0.39, 0.29) is 11.3 Å². The maximum absolute atomic E-state index is 12.6. The van der Waals surface area contributed by atoms with Crippen LogP contribution in [0.25, 0.3) is 0 Å². The third kappa shape index (κ3) is 2.97. The minimum Gasteiger partial charge on any atom is -0.361 e. The first kappa shape index (κ1) is 16.3. The third-order valence-electron chi connectivity index (χ3n) is 5.75. The van der Waals surface area contributed by atoms with Crippen molar-refractivity contribution in [2.45, 2.75) is 40.2 Å². The Morgan fingerprint density at radius 1 is 1.16 bits per heavy atom. The molecule has 2 aliphatic heterocycles. The maximum Gasteiger partial charge on any atom is 0.227 e. The Morgan fingerprint density at radius 3 is 2.60 bits per heavy atom. The highest BCUT2D eigenvalue weighted by Crippen LogP contribution is 2.42. The summed E-state index contributed by atoms with van der Waals surface area (Å²) in [7, 11) is 0. The molecular formula is C20H25N3O2. The summed E-state index contributed by atoms with van der Waals surface area (Å²) in [6.45, 7) is 9.72. The van der Waals surface area contributed by atoms with E-state index in [1.165, 1.54) is 11.1 Å². The zero-order valence-electron chi connectivity index (χ0n) is 15.2. The van der Waals surface area contributed by atoms with E-state index in [1.807, 2.05) is 18.7 Å². The van der Waals surface area contributed by atoms with Crippen LogP contribution in [0.1, 0.15) is 35.4 Å². The van der Waals surface area contributed by atoms with E-state index in [1.54, 1.807) is 0 Å². The second-order valence-corrected chi connectivity index (χ2v) is 7.76. The Bertz CT molecular complexity index is 776. The van der Waals surface area contributed by atoms with Gasteiger partial charge in [-0.05, 0) is 45.9 Å². The molecule has 5 nitrogen and oxygen atoms in total. The lowest BCUT2D eigenvalue weighted by molar-refractivity contribution is -0.117. The fourth-order valence-corrected chi connectivity index (χ4v) is 4.24. The van der Waals surface area contributed by atoms with E-state index >= 15 is 0 Å². The van der Waals surface area contributed by atoms with Crippen molar-refractivity contribution in [3.05, 3.63) is 46.8 Å². The smallest absolute Gasteiger partial charge is 0.227 e. The van der Waals surface area contributed by atoms with Crippen molar-refractivity contribution < 1.29 is 9.32 Å². The number of aromatic nitrogens is 1. The first-order chi connectivity index (χ1) is 12.0. The molecule has 3 heterocycles. The molecule has 0 bridgehead atoms. The average molecular weight is 339 g/mol. The molecule has 0 aliphatic carbocycles. The summed E-state index contributed by atoms with van der Waals surface area (Å²) in [6, 6.07) is 8.27. The molecule has 1 amide bonds. The van der Waals surface area contributed by atoms with Crippen molar-refractivity contribution >= 4 is 11.6 Å². The molecule has 1 aromatic carbocycles. The number of anilines is 1. The van der Waals surface area contributed by atoms with Crippen LogP contribution in [0.4, 0.5) is 5.69 Å². The quantitative estimate of drug-likeness (QED) is 0.861. The van der Waals surface area contributed by atoms with Crippen LogP contribution < -0.4 is 4.90 Å². The molecule has 2 saturated heterocycles. The van der Waals surface area contributed by atoms with Crippen LogP contribution >= 0.6 is 0 Å². The summed E-state index contributed by atoms with van der Waals surface area (Å²) in [5.41, 5.74) is 4.49. The largest absolute Gasteiger partial charge is 0.361 e. The number of carbonyl (C=O) groups is 1. The predicted octanol–water partition coefficient (Wildman–Crippen LogP) is 3.23. The van der Waals surface area contributed by atoms with E-state index in [9.17, 15) is 4.79 Å². The monoisotopic (exact) mass is 339 g/mol. The number of rotatable bonds is 3. The van der Waals surface area contributed by atoms with E-state index in [2.05, 4.69) is 41.2 Å². The van der Waals surface area contributed by atoms with Gasteiger partial charge in [-0.1, -0.05) is 22.9 Å². The molecule has 5 heteroatoms. The molecule has 2 aliphatic rings. The van der Waals surface area contributed by atoms with Crippen molar-refractivity contribution in [2.75, 3.05) is 24.5 Å². The Hall–Kier alpha value is -2.14. The number of amides is 1. The normalized spacial score (nSPS) is 24.0. The van der Waals surface area contributed by atoms with Crippen molar-refractivity contribution in [1.82, 2.24) is 10.1 Å². The van der Waals surface area contributed by atoms with Gasteiger partial charge in [-0.15, -0.1) is 0 Å². The van der Waals surface area contributed by atoms with Gasteiger partial charge in [0.1, 0.15) is 5.76 Å². The van der Waals surface area contributed by atoms with Gasteiger partial charge in [-0.3, -0.25) is 9.69 Å². The molecule has 2 aromatic rings. The van der Waals surface area contributed by atoms with Gasteiger partial charge in [0.15, 0.2) is 0 Å². The van der Waals surface area contributed by atoms with Crippen LogP contribution in [-0.4, -0.2) is 35.6 Å². The van der Waals surface area contributed by atoms with Crippen LogP contribution in [0, 0.1) is 26.2 Å². The lowest BCUT2D eigenvalue weighted by Crippen LogP contribution is -2.31. The second kappa shape index (κ2) is 5.99. The van der Waals surface area contributed by atoms with Crippen LogP contribution in [0.2, 0.25) is 0 Å². The molecular weight excluding hydrogens is 314 g/mol. The average Bonchev–Trinajstić information content (AvgIpc) is 3.23. The van der Waals surface area contributed by atoms with Gasteiger partial charge in [0.05, 0.1) is 5.69 Å². The molecule has 25 heavy (non-hydrogen) atoms. The standard InChI is InChI=1S/C20H25N3O2/c1-14-4-6-17(7-5-14)23-13-20(10-19(23)24)8-9-22(12-20)11-18-15(2)21-25-16(18)3/h4-7H,8-13H2,1-3H3/t20-/m1/s1. The van der Waals surface area contributed by atoms with Crippen molar-refractivity contribution in [3.63, 3.8) is 0 Å². The van der Waals surface area contributed by atoms with E-state index in [4.69, 9.17) is 4.52 Å². The summed E-state index contributed by atoms with van der Waals surface area (Å²) in [5, 5.41) is 4.05. The van der Waals surface area contributed by atoms with Gasteiger partial charge in [0.25, 0.3) is 0 Å². The molecule has 132 valence electrons. The summed E-state index contributed by atoms with van der Waals surface area (Å²) in [6.07, 6.45) is 1.73. The zero-order chi connectivity index (χ0) is 17.6. The summed E-state index contributed by atoms with van der Waals surface area (Å²) in [4.78, 5) is 17.0. The fraction of sp³-hybridized carbons (Fsp3) is 0.500. The number of hydrogen-bond acceptors (Lipinski definition) is 4. The highest BCUT2D eigenvalue weighted by molar-refractivity contribution is 5.96. The minimum absolute atomic E-state index is 0.0843. The topological polar surface area (TPSA) is 49.6 Å². The van der Waals surface area contributed by atoms with Crippen molar-refractivity contribution in [3.8, 4) is 0 Å². The number of hydrogen-bond donors (Lipinski definition) is 0. The molecule has 2 fully saturated rings. The van der Waals surface area contributed by atoms with Crippen molar-refractivity contribution in [1.29, 1.82) is 0 Å². The lowest BCUT2D eigenvalue weighted by atomic mass is 9.86. The lowest BCUT2D eigenvalue weighted by Gasteiger charge is -2.24. The van der Waals surface area contributed by atoms with E-state index < -0.39 is 0 Å². The summed E-state index contributed by atoms with van der Waals surface area (Å²) < 4.78 is 5.29. The molecule has 1 atom stereocenters. The SMILES string of the molecule is Cc1ccc(N2C[C@]3(CCN(Cc4c(C)noc4C)C3)CC2=O)cc1. The Morgan fingerprint density at radius 2 is 1.92 bits per heavy atom. The van der Waals surface area contributed by atoms with Crippen LogP contribution in [0.5, 0.6) is 0 Å². The van der Waals surface area contributed by atoms with Gasteiger partial charge in [0.2, 0.25) is 5.91 Å². The van der Waals surface area contributed by atoms with Crippen molar-refractivity contribution in [2.24, 2.45) is 5.41 Å². The van der Waals surface area contributed by atoms with E-state index in [0.29, 0.717) is 6.42 Å².